The molecular formula is C22H22N2O3. The van der Waals surface area contributed by atoms with Crippen LogP contribution >= 0.6 is 0 Å². The lowest BCUT2D eigenvalue weighted by Gasteiger charge is -2.07. The number of anilines is 1. The van der Waals surface area contributed by atoms with Crippen LogP contribution in [0.5, 0.6) is 0 Å². The molecule has 0 bridgehead atoms. The van der Waals surface area contributed by atoms with Crippen molar-refractivity contribution < 1.29 is 14.3 Å². The zero-order chi connectivity index (χ0) is 19.6. The van der Waals surface area contributed by atoms with Gasteiger partial charge in [-0.3, -0.25) is 4.79 Å². The summed E-state index contributed by atoms with van der Waals surface area (Å²) in [5.41, 5.74) is 2.76. The second-order valence-corrected chi connectivity index (χ2v) is 6.10. The topological polar surface area (TPSA) is 79.2 Å². The number of rotatable bonds is 7. The molecule has 5 nitrogen and oxygen atoms in total. The quantitative estimate of drug-likeness (QED) is 0.340. The van der Waals surface area contributed by atoms with E-state index in [1.807, 2.05) is 32.0 Å². The summed E-state index contributed by atoms with van der Waals surface area (Å²) in [6.07, 6.45) is 3.11. The van der Waals surface area contributed by atoms with E-state index in [1.165, 1.54) is 6.08 Å². The molecule has 27 heavy (non-hydrogen) atoms. The maximum absolute atomic E-state index is 12.3. The van der Waals surface area contributed by atoms with E-state index in [4.69, 9.17) is 4.74 Å². The molecule has 0 radical (unpaired) electrons. The van der Waals surface area contributed by atoms with Gasteiger partial charge in [0.05, 0.1) is 6.61 Å². The fourth-order valence-corrected chi connectivity index (χ4v) is 2.30. The number of amides is 1. The summed E-state index contributed by atoms with van der Waals surface area (Å²) in [7, 11) is 0. The van der Waals surface area contributed by atoms with Gasteiger partial charge in [0.15, 0.2) is 0 Å². The van der Waals surface area contributed by atoms with E-state index in [0.29, 0.717) is 23.4 Å². The van der Waals surface area contributed by atoms with Crippen LogP contribution in [0, 0.1) is 18.3 Å². The van der Waals surface area contributed by atoms with Crippen LogP contribution in [0.4, 0.5) is 5.69 Å². The molecule has 0 unspecified atom stereocenters. The summed E-state index contributed by atoms with van der Waals surface area (Å²) >= 11 is 0. The van der Waals surface area contributed by atoms with Crippen LogP contribution < -0.4 is 5.32 Å². The molecule has 0 fully saturated rings. The van der Waals surface area contributed by atoms with Gasteiger partial charge in [0.1, 0.15) is 11.6 Å². The number of esters is 1. The molecule has 5 heteroatoms. The lowest BCUT2D eigenvalue weighted by Crippen LogP contribution is -2.11. The van der Waals surface area contributed by atoms with Crippen LogP contribution in [0.15, 0.2) is 54.1 Å². The maximum Gasteiger partial charge on any atom is 0.348 e. The second-order valence-electron chi connectivity index (χ2n) is 6.10. The van der Waals surface area contributed by atoms with Crippen LogP contribution in [0.1, 0.15) is 41.3 Å². The monoisotopic (exact) mass is 362 g/mol. The van der Waals surface area contributed by atoms with Gasteiger partial charge in [-0.25, -0.2) is 4.79 Å². The molecule has 2 aromatic rings. The average Bonchev–Trinajstić information content (AvgIpc) is 2.67. The number of benzene rings is 2. The van der Waals surface area contributed by atoms with Gasteiger partial charge in [0.25, 0.3) is 5.91 Å². The van der Waals surface area contributed by atoms with E-state index >= 15 is 0 Å². The Kier molecular flexibility index (Phi) is 7.33. The van der Waals surface area contributed by atoms with E-state index in [-0.39, 0.29) is 11.5 Å². The molecule has 0 atom stereocenters. The Labute approximate surface area is 159 Å². The molecule has 0 aliphatic heterocycles. The first-order valence-electron chi connectivity index (χ1n) is 8.80. The molecule has 0 aliphatic rings. The summed E-state index contributed by atoms with van der Waals surface area (Å²) in [4.78, 5) is 24.3. The number of aryl methyl sites for hydroxylation is 1. The average molecular weight is 362 g/mol. The van der Waals surface area contributed by atoms with Crippen molar-refractivity contribution >= 4 is 23.6 Å². The number of carbonyl (C=O) groups is 2. The van der Waals surface area contributed by atoms with Crippen molar-refractivity contribution in [2.24, 2.45) is 0 Å². The highest BCUT2D eigenvalue weighted by atomic mass is 16.5. The Morgan fingerprint density at radius 3 is 2.59 bits per heavy atom. The standard InChI is InChI=1S/C22H22N2O3/c1-3-4-12-27-22(26)19(15-23)13-17-6-5-7-20(14-17)24-21(25)18-10-8-16(2)9-11-18/h5-11,13-14H,3-4,12H2,1-2H3,(H,24,25)/b19-13+. The van der Waals surface area contributed by atoms with E-state index in [9.17, 15) is 14.9 Å². The first-order chi connectivity index (χ1) is 13.0. The largest absolute Gasteiger partial charge is 0.462 e. The third-order valence-corrected chi connectivity index (χ3v) is 3.84. The Balaban J connectivity index is 2.11. The lowest BCUT2D eigenvalue weighted by atomic mass is 10.1. The van der Waals surface area contributed by atoms with Crippen molar-refractivity contribution in [3.8, 4) is 6.07 Å². The highest BCUT2D eigenvalue weighted by molar-refractivity contribution is 6.04. The first-order valence-corrected chi connectivity index (χ1v) is 8.80. The lowest BCUT2D eigenvalue weighted by molar-refractivity contribution is -0.138. The summed E-state index contributed by atoms with van der Waals surface area (Å²) in [5, 5.41) is 12.0. The molecule has 0 spiro atoms. The van der Waals surface area contributed by atoms with Gasteiger partial charge >= 0.3 is 5.97 Å². The van der Waals surface area contributed by atoms with Crippen molar-refractivity contribution in [3.63, 3.8) is 0 Å². The van der Waals surface area contributed by atoms with Crippen molar-refractivity contribution in [1.29, 1.82) is 5.26 Å². The summed E-state index contributed by atoms with van der Waals surface area (Å²) in [6, 6.07) is 16.1. The number of carbonyl (C=O) groups excluding carboxylic acids is 2. The highest BCUT2D eigenvalue weighted by Crippen LogP contribution is 2.16. The van der Waals surface area contributed by atoms with Gasteiger partial charge in [0.2, 0.25) is 0 Å². The van der Waals surface area contributed by atoms with Gasteiger partial charge in [-0.15, -0.1) is 0 Å². The maximum atomic E-state index is 12.3. The Morgan fingerprint density at radius 1 is 1.19 bits per heavy atom. The summed E-state index contributed by atoms with van der Waals surface area (Å²) < 4.78 is 5.07. The van der Waals surface area contributed by atoms with Gasteiger partial charge < -0.3 is 10.1 Å². The highest BCUT2D eigenvalue weighted by Gasteiger charge is 2.11. The Bertz CT molecular complexity index is 877. The van der Waals surface area contributed by atoms with Crippen LogP contribution in [-0.4, -0.2) is 18.5 Å². The van der Waals surface area contributed by atoms with E-state index in [1.54, 1.807) is 36.4 Å². The van der Waals surface area contributed by atoms with E-state index in [2.05, 4.69) is 5.32 Å². The van der Waals surface area contributed by atoms with E-state index < -0.39 is 5.97 Å². The zero-order valence-electron chi connectivity index (χ0n) is 15.5. The zero-order valence-corrected chi connectivity index (χ0v) is 15.5. The number of ether oxygens (including phenoxy) is 1. The van der Waals surface area contributed by atoms with Gasteiger partial charge in [-0.2, -0.15) is 5.26 Å². The second kappa shape index (κ2) is 9.93. The molecule has 0 saturated carbocycles. The third kappa shape index (κ3) is 6.12. The molecule has 1 amide bonds. The van der Waals surface area contributed by atoms with Gasteiger partial charge in [0, 0.05) is 11.3 Å². The minimum absolute atomic E-state index is 0.0758. The number of hydrogen-bond donors (Lipinski definition) is 1. The van der Waals surface area contributed by atoms with Crippen molar-refractivity contribution in [2.75, 3.05) is 11.9 Å². The molecule has 138 valence electrons. The Morgan fingerprint density at radius 2 is 1.93 bits per heavy atom. The smallest absolute Gasteiger partial charge is 0.348 e. The summed E-state index contributed by atoms with van der Waals surface area (Å²) in [6.45, 7) is 4.24. The Hall–Kier alpha value is -3.39. The number of hydrogen-bond acceptors (Lipinski definition) is 4. The predicted molar refractivity (Wildman–Crippen MR) is 105 cm³/mol. The molecule has 2 rings (SSSR count). The SMILES string of the molecule is CCCCOC(=O)/C(C#N)=C/c1cccc(NC(=O)c2ccc(C)cc2)c1. The van der Waals surface area contributed by atoms with E-state index in [0.717, 1.165) is 18.4 Å². The molecule has 0 aromatic heterocycles. The molecule has 0 aliphatic carbocycles. The molecule has 2 aromatic carbocycles. The minimum Gasteiger partial charge on any atom is -0.462 e. The predicted octanol–water partition coefficient (Wildman–Crippen LogP) is 4.50. The van der Waals surface area contributed by atoms with Crippen molar-refractivity contribution in [3.05, 3.63) is 70.8 Å². The molecule has 1 N–H and O–H groups in total. The molecule has 0 saturated heterocycles. The van der Waals surface area contributed by atoms with Gasteiger partial charge in [-0.05, 0) is 49.2 Å². The number of nitriles is 1. The fourth-order valence-electron chi connectivity index (χ4n) is 2.30. The minimum atomic E-state index is -0.639. The van der Waals surface area contributed by atoms with Gasteiger partial charge in [-0.1, -0.05) is 43.2 Å². The number of nitrogens with zero attached hydrogens (tertiary/aromatic N) is 1. The third-order valence-electron chi connectivity index (χ3n) is 3.84. The molecular weight excluding hydrogens is 340 g/mol. The normalized spacial score (nSPS) is 10.8. The van der Waals surface area contributed by atoms with Crippen molar-refractivity contribution in [1.82, 2.24) is 0 Å². The van der Waals surface area contributed by atoms with Crippen molar-refractivity contribution in [2.45, 2.75) is 26.7 Å². The first kappa shape index (κ1) is 19.9. The molecule has 0 heterocycles. The number of nitrogens with one attached hydrogen (secondary N) is 1. The number of unbranched alkanes of at least 4 members (excludes halogenated alkanes) is 1. The summed E-state index contributed by atoms with van der Waals surface area (Å²) in [5.74, 6) is -0.865. The fraction of sp³-hybridized carbons (Fsp3) is 0.227. The van der Waals surface area contributed by atoms with Crippen LogP contribution in [0.2, 0.25) is 0 Å². The van der Waals surface area contributed by atoms with Crippen LogP contribution in [0.25, 0.3) is 6.08 Å². The van der Waals surface area contributed by atoms with Crippen LogP contribution in [-0.2, 0) is 9.53 Å². The van der Waals surface area contributed by atoms with Crippen LogP contribution in [0.3, 0.4) is 0 Å².